The predicted molar refractivity (Wildman–Crippen MR) is 78.2 cm³/mol. The number of phenols is 1. The van der Waals surface area contributed by atoms with Crippen molar-refractivity contribution < 1.29 is 14.3 Å². The molecule has 0 aliphatic rings. The number of ketones is 1. The number of phenolic OH excluding ortho intramolecular Hbond substituents is 1. The number of rotatable bonds is 5. The molecule has 0 saturated heterocycles. The van der Waals surface area contributed by atoms with E-state index in [1.165, 1.54) is 6.07 Å². The maximum Gasteiger partial charge on any atom is 0.336 e. The van der Waals surface area contributed by atoms with Crippen LogP contribution >= 0.6 is 0 Å². The van der Waals surface area contributed by atoms with E-state index in [9.17, 15) is 19.6 Å². The topological polar surface area (TPSA) is 96.9 Å². The minimum absolute atomic E-state index is 0.0460. The summed E-state index contributed by atoms with van der Waals surface area (Å²) in [6.45, 7) is 3.56. The first-order chi connectivity index (χ1) is 10.0. The van der Waals surface area contributed by atoms with Crippen molar-refractivity contribution in [1.29, 1.82) is 0 Å². The van der Waals surface area contributed by atoms with Crippen LogP contribution in [-0.4, -0.2) is 10.9 Å². The molecule has 0 spiro atoms. The molecule has 0 bridgehead atoms. The molecule has 21 heavy (non-hydrogen) atoms. The lowest BCUT2D eigenvalue weighted by molar-refractivity contribution is 0.0989. The maximum atomic E-state index is 12.1. The number of aromatic hydroxyl groups is 1. The van der Waals surface area contributed by atoms with Crippen LogP contribution in [0.15, 0.2) is 26.5 Å². The Morgan fingerprint density at radius 1 is 1.33 bits per heavy atom. The molecule has 1 aromatic heterocycles. The van der Waals surface area contributed by atoms with E-state index in [4.69, 9.17) is 4.42 Å². The summed E-state index contributed by atoms with van der Waals surface area (Å²) in [4.78, 5) is 34.6. The van der Waals surface area contributed by atoms with Crippen molar-refractivity contribution >= 4 is 22.4 Å². The zero-order valence-corrected chi connectivity index (χ0v) is 11.8. The number of aryl methyl sites for hydroxylation is 1. The molecule has 2 rings (SSSR count). The largest absolute Gasteiger partial charge is 0.507 e. The van der Waals surface area contributed by atoms with Crippen LogP contribution in [0.5, 0.6) is 5.75 Å². The minimum atomic E-state index is -0.626. The number of fused-ring (bicyclic) bond motifs is 1. The number of carbonyl (C=O) groups is 1. The average molecular weight is 289 g/mol. The van der Waals surface area contributed by atoms with Crippen molar-refractivity contribution in [3.8, 4) is 5.75 Å². The molecule has 1 heterocycles. The maximum absolute atomic E-state index is 12.1. The Labute approximate surface area is 120 Å². The Kier molecular flexibility index (Phi) is 4.16. The first-order valence-electron chi connectivity index (χ1n) is 6.72. The van der Waals surface area contributed by atoms with Gasteiger partial charge in [-0.05, 0) is 17.2 Å². The number of hydrogen-bond acceptors (Lipinski definition) is 6. The van der Waals surface area contributed by atoms with Crippen molar-refractivity contribution in [3.05, 3.63) is 38.6 Å². The molecule has 0 saturated carbocycles. The number of nitroso groups, excluding NO2 is 1. The first kappa shape index (κ1) is 14.9. The molecule has 0 atom stereocenters. The average Bonchev–Trinajstić information content (AvgIpc) is 2.45. The Morgan fingerprint density at radius 2 is 2.05 bits per heavy atom. The Bertz CT molecular complexity index is 776. The standard InChI is InChI=1S/C15H15NO5/c1-3-5-8-6-12(19)21-15-13(8)11(18)7-9(16-20)14(15)10(17)4-2/h6-7,18H,3-5H2,1-2H3. The lowest BCUT2D eigenvalue weighted by atomic mass is 9.98. The van der Waals surface area contributed by atoms with Gasteiger partial charge in [0.2, 0.25) is 0 Å². The monoisotopic (exact) mass is 289 g/mol. The van der Waals surface area contributed by atoms with Gasteiger partial charge in [0.05, 0.1) is 10.9 Å². The predicted octanol–water partition coefficient (Wildman–Crippen LogP) is 3.44. The first-order valence-corrected chi connectivity index (χ1v) is 6.72. The highest BCUT2D eigenvalue weighted by molar-refractivity contribution is 6.12. The number of benzene rings is 1. The van der Waals surface area contributed by atoms with Crippen LogP contribution in [-0.2, 0) is 6.42 Å². The SMILES string of the molecule is CCCc1cc(=O)oc2c(C(=O)CC)c(N=O)cc(O)c12. The lowest BCUT2D eigenvalue weighted by Gasteiger charge is -2.10. The van der Waals surface area contributed by atoms with Crippen LogP contribution in [0.3, 0.4) is 0 Å². The van der Waals surface area contributed by atoms with E-state index in [2.05, 4.69) is 5.18 Å². The van der Waals surface area contributed by atoms with Crippen LogP contribution < -0.4 is 5.63 Å². The van der Waals surface area contributed by atoms with E-state index in [0.29, 0.717) is 17.4 Å². The number of hydrogen-bond donors (Lipinski definition) is 1. The van der Waals surface area contributed by atoms with Gasteiger partial charge in [-0.25, -0.2) is 4.79 Å². The highest BCUT2D eigenvalue weighted by Gasteiger charge is 2.22. The lowest BCUT2D eigenvalue weighted by Crippen LogP contribution is -2.06. The zero-order valence-electron chi connectivity index (χ0n) is 11.8. The number of carbonyl (C=O) groups excluding carboxylic acids is 1. The van der Waals surface area contributed by atoms with Crippen molar-refractivity contribution in [3.63, 3.8) is 0 Å². The Balaban J connectivity index is 2.99. The number of nitrogens with zero attached hydrogens (tertiary/aromatic N) is 1. The van der Waals surface area contributed by atoms with Gasteiger partial charge < -0.3 is 9.52 Å². The fraction of sp³-hybridized carbons (Fsp3) is 0.333. The normalized spacial score (nSPS) is 10.8. The fourth-order valence-corrected chi connectivity index (χ4v) is 2.37. The van der Waals surface area contributed by atoms with Crippen LogP contribution in [0, 0.1) is 4.91 Å². The molecule has 0 fully saturated rings. The minimum Gasteiger partial charge on any atom is -0.507 e. The highest BCUT2D eigenvalue weighted by Crippen LogP contribution is 2.37. The van der Waals surface area contributed by atoms with E-state index in [0.717, 1.165) is 12.5 Å². The summed E-state index contributed by atoms with van der Waals surface area (Å²) in [5, 5.41) is 13.1. The van der Waals surface area contributed by atoms with E-state index < -0.39 is 5.63 Å². The van der Waals surface area contributed by atoms with Gasteiger partial charge in [0, 0.05) is 18.6 Å². The van der Waals surface area contributed by atoms with E-state index in [-0.39, 0.29) is 34.8 Å². The molecule has 0 aliphatic heterocycles. The fourth-order valence-electron chi connectivity index (χ4n) is 2.37. The molecule has 2 aromatic rings. The van der Waals surface area contributed by atoms with E-state index in [1.54, 1.807) is 6.92 Å². The Hall–Kier alpha value is -2.50. The van der Waals surface area contributed by atoms with Crippen molar-refractivity contribution in [2.45, 2.75) is 33.1 Å². The van der Waals surface area contributed by atoms with Crippen LogP contribution in [0.1, 0.15) is 42.6 Å². The smallest absolute Gasteiger partial charge is 0.336 e. The molecular formula is C15H15NO5. The van der Waals surface area contributed by atoms with Crippen LogP contribution in [0.4, 0.5) is 5.69 Å². The highest BCUT2D eigenvalue weighted by atomic mass is 16.4. The second-order valence-electron chi connectivity index (χ2n) is 4.70. The second-order valence-corrected chi connectivity index (χ2v) is 4.70. The van der Waals surface area contributed by atoms with Gasteiger partial charge in [-0.3, -0.25) is 4.79 Å². The quantitative estimate of drug-likeness (QED) is 0.516. The van der Waals surface area contributed by atoms with Crippen molar-refractivity contribution in [2.75, 3.05) is 0 Å². The molecule has 0 radical (unpaired) electrons. The van der Waals surface area contributed by atoms with Gasteiger partial charge >= 0.3 is 5.63 Å². The van der Waals surface area contributed by atoms with E-state index in [1.807, 2.05) is 6.92 Å². The summed E-state index contributed by atoms with van der Waals surface area (Å²) in [6, 6.07) is 2.43. The van der Waals surface area contributed by atoms with Crippen LogP contribution in [0.25, 0.3) is 11.0 Å². The molecule has 6 heteroatoms. The molecule has 0 amide bonds. The van der Waals surface area contributed by atoms with Gasteiger partial charge in [0.15, 0.2) is 11.4 Å². The summed E-state index contributed by atoms with van der Waals surface area (Å²) in [6.07, 6.45) is 1.43. The molecule has 6 nitrogen and oxygen atoms in total. The van der Waals surface area contributed by atoms with Crippen molar-refractivity contribution in [2.24, 2.45) is 5.18 Å². The van der Waals surface area contributed by atoms with Crippen LogP contribution in [0.2, 0.25) is 0 Å². The van der Waals surface area contributed by atoms with Gasteiger partial charge in [0.1, 0.15) is 11.4 Å². The zero-order chi connectivity index (χ0) is 15.6. The van der Waals surface area contributed by atoms with E-state index >= 15 is 0 Å². The summed E-state index contributed by atoms with van der Waals surface area (Å²) in [7, 11) is 0. The van der Waals surface area contributed by atoms with Gasteiger partial charge in [0.25, 0.3) is 0 Å². The van der Waals surface area contributed by atoms with Gasteiger partial charge in [-0.2, -0.15) is 0 Å². The summed E-state index contributed by atoms with van der Waals surface area (Å²) in [5.41, 5.74) is -0.367. The molecular weight excluding hydrogens is 274 g/mol. The second kappa shape index (κ2) is 5.87. The summed E-state index contributed by atoms with van der Waals surface area (Å²) >= 11 is 0. The summed E-state index contributed by atoms with van der Waals surface area (Å²) < 4.78 is 5.09. The molecule has 0 unspecified atom stereocenters. The third kappa shape index (κ3) is 2.56. The molecule has 0 aliphatic carbocycles. The Morgan fingerprint density at radius 3 is 2.62 bits per heavy atom. The molecule has 110 valence electrons. The molecule has 1 aromatic carbocycles. The van der Waals surface area contributed by atoms with Gasteiger partial charge in [-0.1, -0.05) is 20.3 Å². The third-order valence-electron chi connectivity index (χ3n) is 3.27. The molecule has 1 N–H and O–H groups in total. The van der Waals surface area contributed by atoms with Gasteiger partial charge in [-0.15, -0.1) is 4.91 Å². The van der Waals surface area contributed by atoms with Crippen molar-refractivity contribution in [1.82, 2.24) is 0 Å². The number of Topliss-reactive ketones (excluding diaryl/α,β-unsaturated/α-hetero) is 1. The third-order valence-corrected chi connectivity index (χ3v) is 3.27. The summed E-state index contributed by atoms with van der Waals surface area (Å²) in [5.74, 6) is -0.592.